The summed E-state index contributed by atoms with van der Waals surface area (Å²) in [6, 6.07) is 0. The first kappa shape index (κ1) is 14.5. The van der Waals surface area contributed by atoms with Gasteiger partial charge in [0.25, 0.3) is 0 Å². The summed E-state index contributed by atoms with van der Waals surface area (Å²) in [5, 5.41) is 0. The average Bonchev–Trinajstić information content (AvgIpc) is 2.39. The number of hydrogen-bond acceptors (Lipinski definition) is 4. The van der Waals surface area contributed by atoms with Crippen molar-refractivity contribution in [3.8, 4) is 0 Å². The van der Waals surface area contributed by atoms with E-state index in [1.807, 2.05) is 6.08 Å². The second-order valence-electron chi connectivity index (χ2n) is 4.08. The van der Waals surface area contributed by atoms with Crippen molar-refractivity contribution in [2.75, 3.05) is 33.0 Å². The zero-order valence-corrected chi connectivity index (χ0v) is 11.1. The van der Waals surface area contributed by atoms with Gasteiger partial charge in [-0.25, -0.2) is 0 Å². The second-order valence-corrected chi connectivity index (χ2v) is 4.08. The minimum atomic E-state index is -0.0530. The Morgan fingerprint density at radius 2 is 2.12 bits per heavy atom. The topological polar surface area (TPSA) is 30.9 Å². The van der Waals surface area contributed by atoms with Crippen LogP contribution in [0.15, 0.2) is 12.3 Å². The first-order valence-electron chi connectivity index (χ1n) is 6.59. The molecule has 0 aromatic carbocycles. The highest BCUT2D eigenvalue weighted by Gasteiger charge is 2.10. The smallest absolute Gasteiger partial charge is 0.199 e. The third kappa shape index (κ3) is 6.66. The number of ether oxygens (including phenoxy) is 3. The number of rotatable bonds is 9. The molecular weight excluding hydrogens is 218 g/mol. The largest absolute Gasteiger partial charge is 0.473 e. The van der Waals surface area contributed by atoms with Crippen molar-refractivity contribution in [1.82, 2.24) is 4.90 Å². The van der Waals surface area contributed by atoms with Crippen LogP contribution < -0.4 is 0 Å². The molecule has 0 saturated carbocycles. The molecule has 0 N–H and O–H groups in total. The normalized spacial score (nSPS) is 19.6. The Kier molecular flexibility index (Phi) is 8.05. The van der Waals surface area contributed by atoms with E-state index in [4.69, 9.17) is 14.2 Å². The Labute approximate surface area is 105 Å². The van der Waals surface area contributed by atoms with E-state index in [1.165, 1.54) is 0 Å². The van der Waals surface area contributed by atoms with Crippen LogP contribution in [0, 0.1) is 0 Å². The average molecular weight is 243 g/mol. The van der Waals surface area contributed by atoms with Gasteiger partial charge in [0, 0.05) is 6.42 Å². The second kappa shape index (κ2) is 9.45. The van der Waals surface area contributed by atoms with E-state index in [0.717, 1.165) is 45.7 Å². The van der Waals surface area contributed by atoms with Crippen molar-refractivity contribution in [3.05, 3.63) is 12.3 Å². The number of hydrogen-bond donors (Lipinski definition) is 0. The number of allylic oxidation sites excluding steroid dienone is 1. The zero-order chi connectivity index (χ0) is 12.3. The van der Waals surface area contributed by atoms with Crippen LogP contribution >= 0.6 is 0 Å². The van der Waals surface area contributed by atoms with Gasteiger partial charge in [0.05, 0.1) is 26.2 Å². The molecule has 0 fully saturated rings. The summed E-state index contributed by atoms with van der Waals surface area (Å²) in [6.07, 6.45) is 6.62. The van der Waals surface area contributed by atoms with Crippen molar-refractivity contribution >= 4 is 0 Å². The van der Waals surface area contributed by atoms with Crippen LogP contribution in [0.4, 0.5) is 0 Å². The molecule has 1 heterocycles. The fourth-order valence-electron chi connectivity index (χ4n) is 1.61. The molecule has 0 saturated heterocycles. The summed E-state index contributed by atoms with van der Waals surface area (Å²) in [4.78, 5) is 2.25. The van der Waals surface area contributed by atoms with Gasteiger partial charge in [0.1, 0.15) is 0 Å². The maximum absolute atomic E-state index is 5.58. The predicted octanol–water partition coefficient (Wildman–Crippen LogP) is 2.36. The molecule has 1 unspecified atom stereocenters. The van der Waals surface area contributed by atoms with Gasteiger partial charge in [0.2, 0.25) is 0 Å². The van der Waals surface area contributed by atoms with Gasteiger partial charge < -0.3 is 14.2 Å². The van der Waals surface area contributed by atoms with E-state index in [0.29, 0.717) is 6.61 Å². The van der Waals surface area contributed by atoms with Gasteiger partial charge in [0.15, 0.2) is 6.29 Å². The maximum atomic E-state index is 5.58. The van der Waals surface area contributed by atoms with Gasteiger partial charge in [-0.05, 0) is 32.0 Å². The Morgan fingerprint density at radius 1 is 1.29 bits per heavy atom. The maximum Gasteiger partial charge on any atom is 0.199 e. The summed E-state index contributed by atoms with van der Waals surface area (Å²) in [7, 11) is 0. The summed E-state index contributed by atoms with van der Waals surface area (Å²) in [5.74, 6) is 0. The lowest BCUT2D eigenvalue weighted by Gasteiger charge is -2.20. The molecule has 0 bridgehead atoms. The lowest BCUT2D eigenvalue weighted by Crippen LogP contribution is -2.26. The van der Waals surface area contributed by atoms with Crippen LogP contribution in [0.1, 0.15) is 33.1 Å². The van der Waals surface area contributed by atoms with Crippen LogP contribution in [0.2, 0.25) is 0 Å². The molecule has 0 amide bonds. The molecule has 4 heteroatoms. The molecule has 4 nitrogen and oxygen atoms in total. The molecule has 0 aromatic rings. The lowest BCUT2D eigenvalue weighted by molar-refractivity contribution is -0.119. The third-order valence-corrected chi connectivity index (χ3v) is 2.80. The molecule has 0 aromatic heterocycles. The van der Waals surface area contributed by atoms with Crippen molar-refractivity contribution < 1.29 is 14.2 Å². The SMILES string of the molecule is CCN(CC)COCCCOC1CCC=CO1. The zero-order valence-electron chi connectivity index (χ0n) is 11.1. The first-order valence-corrected chi connectivity index (χ1v) is 6.59. The fourth-order valence-corrected chi connectivity index (χ4v) is 1.61. The minimum absolute atomic E-state index is 0.0530. The number of nitrogens with zero attached hydrogens (tertiary/aromatic N) is 1. The Balaban J connectivity index is 1.88. The van der Waals surface area contributed by atoms with E-state index in [9.17, 15) is 0 Å². The van der Waals surface area contributed by atoms with Crippen LogP contribution in [0.25, 0.3) is 0 Å². The molecule has 1 aliphatic rings. The standard InChI is InChI=1S/C13H25NO3/c1-3-14(4-2)12-15-9-7-11-17-13-8-5-6-10-16-13/h6,10,13H,3-5,7-9,11-12H2,1-2H3. The molecule has 0 spiro atoms. The lowest BCUT2D eigenvalue weighted by atomic mass is 10.3. The van der Waals surface area contributed by atoms with Gasteiger partial charge in [-0.3, -0.25) is 4.90 Å². The summed E-state index contributed by atoms with van der Waals surface area (Å²) >= 11 is 0. The minimum Gasteiger partial charge on any atom is -0.473 e. The third-order valence-electron chi connectivity index (χ3n) is 2.80. The molecule has 17 heavy (non-hydrogen) atoms. The van der Waals surface area contributed by atoms with E-state index >= 15 is 0 Å². The van der Waals surface area contributed by atoms with Crippen LogP contribution in [0.3, 0.4) is 0 Å². The van der Waals surface area contributed by atoms with E-state index in [1.54, 1.807) is 6.26 Å². The predicted molar refractivity (Wildman–Crippen MR) is 67.6 cm³/mol. The van der Waals surface area contributed by atoms with E-state index in [2.05, 4.69) is 18.7 Å². The fraction of sp³-hybridized carbons (Fsp3) is 0.846. The highest BCUT2D eigenvalue weighted by atomic mass is 16.7. The van der Waals surface area contributed by atoms with Crippen molar-refractivity contribution in [2.24, 2.45) is 0 Å². The monoisotopic (exact) mass is 243 g/mol. The highest BCUT2D eigenvalue weighted by molar-refractivity contribution is 4.79. The molecule has 0 aliphatic carbocycles. The Morgan fingerprint density at radius 3 is 2.76 bits per heavy atom. The van der Waals surface area contributed by atoms with Crippen LogP contribution in [-0.4, -0.2) is 44.2 Å². The Bertz CT molecular complexity index is 205. The van der Waals surface area contributed by atoms with Crippen LogP contribution in [-0.2, 0) is 14.2 Å². The molecule has 100 valence electrons. The van der Waals surface area contributed by atoms with Gasteiger partial charge in [-0.2, -0.15) is 0 Å². The van der Waals surface area contributed by atoms with E-state index < -0.39 is 0 Å². The molecular formula is C13H25NO3. The summed E-state index contributed by atoms with van der Waals surface area (Å²) < 4.78 is 16.4. The van der Waals surface area contributed by atoms with E-state index in [-0.39, 0.29) is 6.29 Å². The molecule has 1 rings (SSSR count). The Hall–Kier alpha value is -0.580. The first-order chi connectivity index (χ1) is 8.36. The van der Waals surface area contributed by atoms with Crippen molar-refractivity contribution in [1.29, 1.82) is 0 Å². The molecule has 1 aliphatic heterocycles. The quantitative estimate of drug-likeness (QED) is 0.459. The van der Waals surface area contributed by atoms with Gasteiger partial charge in [-0.15, -0.1) is 0 Å². The summed E-state index contributed by atoms with van der Waals surface area (Å²) in [5.41, 5.74) is 0. The molecule has 1 atom stereocenters. The van der Waals surface area contributed by atoms with Gasteiger partial charge in [-0.1, -0.05) is 13.8 Å². The van der Waals surface area contributed by atoms with Crippen molar-refractivity contribution in [3.63, 3.8) is 0 Å². The summed E-state index contributed by atoms with van der Waals surface area (Å²) in [6.45, 7) is 8.53. The van der Waals surface area contributed by atoms with Crippen LogP contribution in [0.5, 0.6) is 0 Å². The van der Waals surface area contributed by atoms with Gasteiger partial charge >= 0.3 is 0 Å². The highest BCUT2D eigenvalue weighted by Crippen LogP contribution is 2.11. The van der Waals surface area contributed by atoms with Crippen molar-refractivity contribution in [2.45, 2.75) is 39.4 Å². The molecule has 0 radical (unpaired) electrons.